The van der Waals surface area contributed by atoms with Gasteiger partial charge in [0.1, 0.15) is 0 Å². The van der Waals surface area contributed by atoms with Crippen LogP contribution in [0.25, 0.3) is 0 Å². The van der Waals surface area contributed by atoms with Crippen LogP contribution in [0.4, 0.5) is 0 Å². The molecule has 88 valence electrons. The van der Waals surface area contributed by atoms with Gasteiger partial charge in [-0.25, -0.2) is 0 Å². The number of aliphatic hydroxyl groups excluding tert-OH is 1. The van der Waals surface area contributed by atoms with E-state index in [1.54, 1.807) is 0 Å². The van der Waals surface area contributed by atoms with E-state index in [1.807, 2.05) is 0 Å². The first-order chi connectivity index (χ1) is 7.41. The molecule has 3 heteroatoms. The molecule has 0 aromatic heterocycles. The molecule has 0 atom stereocenters. The first-order valence-corrected chi connectivity index (χ1v) is 7.52. The predicted octanol–water partition coefficient (Wildman–Crippen LogP) is 3.78. The van der Waals surface area contributed by atoms with Crippen molar-refractivity contribution in [3.63, 3.8) is 0 Å². The van der Waals surface area contributed by atoms with Gasteiger partial charge in [-0.05, 0) is 6.42 Å². The SMILES string of the molecule is CCCCCCCCCCCCO.[O]=[Zn]. The Bertz CT molecular complexity index is 89.6. The van der Waals surface area contributed by atoms with Gasteiger partial charge in [0.2, 0.25) is 0 Å². The van der Waals surface area contributed by atoms with Gasteiger partial charge in [-0.15, -0.1) is 0 Å². The van der Waals surface area contributed by atoms with E-state index in [9.17, 15) is 0 Å². The number of rotatable bonds is 10. The Kier molecular flexibility index (Phi) is 23.6. The van der Waals surface area contributed by atoms with Gasteiger partial charge in [-0.3, -0.25) is 0 Å². The van der Waals surface area contributed by atoms with Crippen LogP contribution in [0.1, 0.15) is 71.1 Å². The van der Waals surface area contributed by atoms with Crippen LogP contribution in [-0.4, -0.2) is 11.7 Å². The van der Waals surface area contributed by atoms with Gasteiger partial charge in [0, 0.05) is 6.61 Å². The summed E-state index contributed by atoms with van der Waals surface area (Å²) in [6, 6.07) is 0. The average Bonchev–Trinajstić information content (AvgIpc) is 2.30. The zero-order valence-corrected chi connectivity index (χ0v) is 13.3. The molecule has 0 heterocycles. The second-order valence-corrected chi connectivity index (χ2v) is 3.91. The molecular weight excluding hydrogens is 242 g/mol. The summed E-state index contributed by atoms with van der Waals surface area (Å²) >= 11 is 0.125. The summed E-state index contributed by atoms with van der Waals surface area (Å²) in [4.78, 5) is 0. The van der Waals surface area contributed by atoms with E-state index in [0.29, 0.717) is 6.61 Å². The fourth-order valence-corrected chi connectivity index (χ4v) is 1.60. The quantitative estimate of drug-likeness (QED) is 0.483. The molecule has 0 rings (SSSR count). The second kappa shape index (κ2) is 19.9. The molecule has 0 amide bonds. The normalized spacial score (nSPS) is 9.60. The molecule has 0 saturated carbocycles. The van der Waals surface area contributed by atoms with Gasteiger partial charge in [0.15, 0.2) is 0 Å². The molecule has 0 radical (unpaired) electrons. The number of hydrogen-bond acceptors (Lipinski definition) is 2. The molecule has 0 spiro atoms. The molecule has 0 fully saturated rings. The van der Waals surface area contributed by atoms with E-state index in [1.165, 1.54) is 57.8 Å². The molecule has 0 aliphatic heterocycles. The van der Waals surface area contributed by atoms with Gasteiger partial charge < -0.3 is 5.11 Å². The van der Waals surface area contributed by atoms with Crippen LogP contribution in [0, 0.1) is 0 Å². The van der Waals surface area contributed by atoms with Crippen molar-refractivity contribution >= 4 is 0 Å². The molecule has 2 nitrogen and oxygen atoms in total. The molecular formula is C12H26O2Zn. The summed E-state index contributed by atoms with van der Waals surface area (Å²) < 4.78 is 8.38. The molecule has 15 heavy (non-hydrogen) atoms. The standard InChI is InChI=1S/C12H26O.O.Zn/c1-2-3-4-5-6-7-8-9-10-11-12-13;;/h13H,2-12H2,1H3;;. The molecule has 0 aliphatic rings. The van der Waals surface area contributed by atoms with Crippen molar-refractivity contribution in [2.24, 2.45) is 0 Å². The fourth-order valence-electron chi connectivity index (χ4n) is 1.60. The Morgan fingerprint density at radius 1 is 0.733 bits per heavy atom. The number of unbranched alkanes of at least 4 members (excludes halogenated alkanes) is 9. The van der Waals surface area contributed by atoms with Crippen molar-refractivity contribution in [1.29, 1.82) is 0 Å². The molecule has 1 N–H and O–H groups in total. The molecule has 0 saturated heterocycles. The van der Waals surface area contributed by atoms with Crippen molar-refractivity contribution in [1.82, 2.24) is 0 Å². The first-order valence-electron chi connectivity index (χ1n) is 6.31. The van der Waals surface area contributed by atoms with Crippen molar-refractivity contribution in [3.05, 3.63) is 0 Å². The summed E-state index contributed by atoms with van der Waals surface area (Å²) in [6.45, 7) is 2.63. The van der Waals surface area contributed by atoms with Crippen LogP contribution in [0.5, 0.6) is 0 Å². The van der Waals surface area contributed by atoms with Crippen molar-refractivity contribution < 1.29 is 26.9 Å². The van der Waals surface area contributed by atoms with Crippen LogP contribution >= 0.6 is 0 Å². The fraction of sp³-hybridized carbons (Fsp3) is 1.00. The molecule has 0 aliphatic carbocycles. The van der Waals surface area contributed by atoms with Crippen LogP contribution in [0.15, 0.2) is 0 Å². The summed E-state index contributed by atoms with van der Waals surface area (Å²) in [5.41, 5.74) is 0. The Labute approximate surface area is 105 Å². The van der Waals surface area contributed by atoms with Crippen LogP contribution in [0.2, 0.25) is 0 Å². The molecule has 0 unspecified atom stereocenters. The van der Waals surface area contributed by atoms with Crippen LogP contribution in [0.3, 0.4) is 0 Å². The zero-order chi connectivity index (χ0) is 11.8. The van der Waals surface area contributed by atoms with Crippen LogP contribution < -0.4 is 0 Å². The van der Waals surface area contributed by atoms with Crippen molar-refractivity contribution in [2.45, 2.75) is 71.1 Å². The molecule has 0 aromatic rings. The summed E-state index contributed by atoms with van der Waals surface area (Å²) in [6.07, 6.45) is 13.3. The van der Waals surface area contributed by atoms with Gasteiger partial charge in [0.05, 0.1) is 0 Å². The minimum atomic E-state index is 0.125. The van der Waals surface area contributed by atoms with E-state index >= 15 is 0 Å². The summed E-state index contributed by atoms with van der Waals surface area (Å²) in [5, 5.41) is 8.57. The number of aliphatic hydroxyl groups is 1. The Balaban J connectivity index is 0. The van der Waals surface area contributed by atoms with Gasteiger partial charge in [-0.1, -0.05) is 64.7 Å². The van der Waals surface area contributed by atoms with Gasteiger partial charge in [-0.2, -0.15) is 0 Å². The second-order valence-electron chi connectivity index (χ2n) is 3.91. The van der Waals surface area contributed by atoms with Crippen LogP contribution in [-0.2, 0) is 21.8 Å². The van der Waals surface area contributed by atoms with E-state index in [4.69, 9.17) is 8.68 Å². The van der Waals surface area contributed by atoms with E-state index < -0.39 is 0 Å². The topological polar surface area (TPSA) is 37.3 Å². The maximum atomic E-state index is 8.57. The Morgan fingerprint density at radius 2 is 1.07 bits per heavy atom. The summed E-state index contributed by atoms with van der Waals surface area (Å²) in [5.74, 6) is 0. The van der Waals surface area contributed by atoms with Gasteiger partial charge >= 0.3 is 21.8 Å². The van der Waals surface area contributed by atoms with E-state index in [0.717, 1.165) is 6.42 Å². The predicted molar refractivity (Wildman–Crippen MR) is 59.6 cm³/mol. The third-order valence-electron chi connectivity index (χ3n) is 2.51. The van der Waals surface area contributed by atoms with E-state index in [2.05, 4.69) is 6.92 Å². The monoisotopic (exact) mass is 266 g/mol. The zero-order valence-electron chi connectivity index (χ0n) is 10.3. The summed E-state index contributed by atoms with van der Waals surface area (Å²) in [7, 11) is 0. The average molecular weight is 268 g/mol. The Hall–Kier alpha value is 0.383. The third kappa shape index (κ3) is 20.5. The van der Waals surface area contributed by atoms with Gasteiger partial charge in [0.25, 0.3) is 0 Å². The van der Waals surface area contributed by atoms with Crippen molar-refractivity contribution in [2.75, 3.05) is 6.61 Å². The minimum absolute atomic E-state index is 0.125. The molecule has 0 aromatic carbocycles. The Morgan fingerprint density at radius 3 is 1.40 bits per heavy atom. The maximum absolute atomic E-state index is 8.57. The van der Waals surface area contributed by atoms with Crippen molar-refractivity contribution in [3.8, 4) is 0 Å². The number of hydrogen-bond donors (Lipinski definition) is 1. The molecule has 0 bridgehead atoms. The van der Waals surface area contributed by atoms with E-state index in [-0.39, 0.29) is 18.3 Å². The third-order valence-corrected chi connectivity index (χ3v) is 2.51. The first kappa shape index (κ1) is 17.8.